The zero-order chi connectivity index (χ0) is 11.7. The molecule has 18 heavy (non-hydrogen) atoms. The molecule has 0 aromatic rings. The molecule has 1 aliphatic heterocycles. The predicted molar refractivity (Wildman–Crippen MR) is 73.3 cm³/mol. The highest BCUT2D eigenvalue weighted by atomic mass is 15.2. The van der Waals surface area contributed by atoms with Crippen molar-refractivity contribution in [3.8, 4) is 0 Å². The van der Waals surface area contributed by atoms with Gasteiger partial charge in [0, 0.05) is 12.1 Å². The summed E-state index contributed by atoms with van der Waals surface area (Å²) < 4.78 is 0. The van der Waals surface area contributed by atoms with E-state index >= 15 is 0 Å². The van der Waals surface area contributed by atoms with Crippen molar-refractivity contribution in [3.05, 3.63) is 0 Å². The SMILES string of the molecule is C1CN(CC2CC2)C2(C1)C1CC3CC(C1)CC2C3. The largest absolute Gasteiger partial charge is 0.297 e. The molecule has 1 saturated heterocycles. The Bertz CT molecular complexity index is 329. The van der Waals surface area contributed by atoms with Crippen LogP contribution in [-0.4, -0.2) is 23.5 Å². The minimum absolute atomic E-state index is 0.718. The van der Waals surface area contributed by atoms with E-state index in [0.29, 0.717) is 0 Å². The van der Waals surface area contributed by atoms with E-state index in [4.69, 9.17) is 0 Å². The van der Waals surface area contributed by atoms with Gasteiger partial charge >= 0.3 is 0 Å². The van der Waals surface area contributed by atoms with Crippen LogP contribution in [0.1, 0.15) is 57.8 Å². The van der Waals surface area contributed by atoms with Crippen LogP contribution in [0, 0.1) is 29.6 Å². The van der Waals surface area contributed by atoms with E-state index in [1.54, 1.807) is 38.5 Å². The zero-order valence-corrected chi connectivity index (χ0v) is 11.6. The predicted octanol–water partition coefficient (Wildman–Crippen LogP) is 3.69. The van der Waals surface area contributed by atoms with Crippen LogP contribution in [0.2, 0.25) is 0 Å². The van der Waals surface area contributed by atoms with E-state index in [0.717, 1.165) is 35.1 Å². The van der Waals surface area contributed by atoms with Crippen molar-refractivity contribution in [2.24, 2.45) is 29.6 Å². The summed E-state index contributed by atoms with van der Waals surface area (Å²) in [5, 5.41) is 0. The number of rotatable bonds is 2. The summed E-state index contributed by atoms with van der Waals surface area (Å²) in [5.41, 5.74) is 0.718. The van der Waals surface area contributed by atoms with Crippen LogP contribution in [-0.2, 0) is 0 Å². The summed E-state index contributed by atoms with van der Waals surface area (Å²) in [6.45, 7) is 2.92. The summed E-state index contributed by atoms with van der Waals surface area (Å²) in [6, 6.07) is 0. The lowest BCUT2D eigenvalue weighted by atomic mass is 9.48. The molecule has 1 nitrogen and oxygen atoms in total. The third-order valence-electron chi connectivity index (χ3n) is 7.32. The summed E-state index contributed by atoms with van der Waals surface area (Å²) in [4.78, 5) is 3.03. The first-order valence-electron chi connectivity index (χ1n) is 8.59. The average molecular weight is 245 g/mol. The Morgan fingerprint density at radius 1 is 0.889 bits per heavy atom. The second kappa shape index (κ2) is 3.53. The molecule has 1 heteroatoms. The molecule has 4 bridgehead atoms. The van der Waals surface area contributed by atoms with Crippen LogP contribution < -0.4 is 0 Å². The molecule has 1 spiro atoms. The Morgan fingerprint density at radius 3 is 2.17 bits per heavy atom. The fourth-order valence-electron chi connectivity index (χ4n) is 6.72. The Hall–Kier alpha value is -0.0400. The molecule has 0 aromatic carbocycles. The topological polar surface area (TPSA) is 3.24 Å². The number of hydrogen-bond donors (Lipinski definition) is 0. The summed E-state index contributed by atoms with van der Waals surface area (Å²) >= 11 is 0. The lowest BCUT2D eigenvalue weighted by molar-refractivity contribution is -0.120. The van der Waals surface area contributed by atoms with Gasteiger partial charge in [-0.1, -0.05) is 0 Å². The maximum atomic E-state index is 3.03. The molecule has 6 fully saturated rings. The van der Waals surface area contributed by atoms with E-state index in [1.807, 2.05) is 0 Å². The molecule has 0 radical (unpaired) electrons. The zero-order valence-electron chi connectivity index (χ0n) is 11.6. The molecule has 100 valence electrons. The first-order valence-corrected chi connectivity index (χ1v) is 8.59. The fraction of sp³-hybridized carbons (Fsp3) is 1.00. The minimum atomic E-state index is 0.718. The van der Waals surface area contributed by atoms with Crippen molar-refractivity contribution in [2.75, 3.05) is 13.1 Å². The fourth-order valence-corrected chi connectivity index (χ4v) is 6.72. The van der Waals surface area contributed by atoms with E-state index in [9.17, 15) is 0 Å². The van der Waals surface area contributed by atoms with E-state index < -0.39 is 0 Å². The average Bonchev–Trinajstić information content (AvgIpc) is 3.05. The Balaban J connectivity index is 1.49. The molecule has 6 aliphatic rings. The monoisotopic (exact) mass is 245 g/mol. The normalized spacial score (nSPS) is 54.7. The second-order valence-corrected chi connectivity index (χ2v) is 8.29. The van der Waals surface area contributed by atoms with Crippen molar-refractivity contribution < 1.29 is 0 Å². The Morgan fingerprint density at radius 2 is 1.56 bits per heavy atom. The molecule has 0 aromatic heterocycles. The van der Waals surface area contributed by atoms with Crippen molar-refractivity contribution in [2.45, 2.75) is 63.3 Å². The highest BCUT2D eigenvalue weighted by Gasteiger charge is 2.60. The smallest absolute Gasteiger partial charge is 0.0266 e. The Kier molecular flexibility index (Phi) is 2.10. The molecule has 5 aliphatic carbocycles. The van der Waals surface area contributed by atoms with Crippen LogP contribution in [0.4, 0.5) is 0 Å². The minimum Gasteiger partial charge on any atom is -0.297 e. The summed E-state index contributed by atoms with van der Waals surface area (Å²) in [5.74, 6) is 5.59. The van der Waals surface area contributed by atoms with Gasteiger partial charge in [-0.15, -0.1) is 0 Å². The van der Waals surface area contributed by atoms with Crippen molar-refractivity contribution in [1.29, 1.82) is 0 Å². The van der Waals surface area contributed by atoms with Gasteiger partial charge in [0.25, 0.3) is 0 Å². The molecular formula is C17H27N. The third-order valence-corrected chi connectivity index (χ3v) is 7.32. The highest BCUT2D eigenvalue weighted by molar-refractivity contribution is 5.14. The second-order valence-electron chi connectivity index (χ2n) is 8.29. The number of likely N-dealkylation sites (tertiary alicyclic amines) is 1. The van der Waals surface area contributed by atoms with Gasteiger partial charge in [-0.2, -0.15) is 0 Å². The van der Waals surface area contributed by atoms with Crippen molar-refractivity contribution in [1.82, 2.24) is 4.90 Å². The third kappa shape index (κ3) is 1.32. The van der Waals surface area contributed by atoms with E-state index in [-0.39, 0.29) is 0 Å². The van der Waals surface area contributed by atoms with Gasteiger partial charge < -0.3 is 0 Å². The first kappa shape index (κ1) is 10.7. The molecule has 0 atom stereocenters. The molecular weight excluding hydrogens is 218 g/mol. The van der Waals surface area contributed by atoms with Gasteiger partial charge in [-0.3, -0.25) is 4.90 Å². The molecule has 5 saturated carbocycles. The van der Waals surface area contributed by atoms with Crippen molar-refractivity contribution in [3.63, 3.8) is 0 Å². The standard InChI is InChI=1S/C17H27N/c1-4-17(18(5-1)11-12-2-3-12)15-7-13-6-14(9-15)10-16(17)8-13/h12-16H,1-11H2. The van der Waals surface area contributed by atoms with Gasteiger partial charge in [0.2, 0.25) is 0 Å². The molecule has 0 amide bonds. The molecule has 6 rings (SSSR count). The van der Waals surface area contributed by atoms with Crippen LogP contribution in [0.25, 0.3) is 0 Å². The van der Waals surface area contributed by atoms with Gasteiger partial charge in [-0.05, 0) is 93.9 Å². The Labute approximate surface area is 111 Å². The quantitative estimate of drug-likeness (QED) is 0.717. The lowest BCUT2D eigenvalue weighted by Gasteiger charge is -2.63. The van der Waals surface area contributed by atoms with Gasteiger partial charge in [0.1, 0.15) is 0 Å². The van der Waals surface area contributed by atoms with Crippen LogP contribution in [0.5, 0.6) is 0 Å². The van der Waals surface area contributed by atoms with Gasteiger partial charge in [-0.25, -0.2) is 0 Å². The first-order chi connectivity index (χ1) is 8.84. The van der Waals surface area contributed by atoms with Crippen LogP contribution in [0.15, 0.2) is 0 Å². The number of hydrogen-bond acceptors (Lipinski definition) is 1. The molecule has 0 unspecified atom stereocenters. The molecule has 1 heterocycles. The van der Waals surface area contributed by atoms with Gasteiger partial charge in [0.05, 0.1) is 0 Å². The summed E-state index contributed by atoms with van der Waals surface area (Å²) in [7, 11) is 0. The van der Waals surface area contributed by atoms with E-state index in [2.05, 4.69) is 4.90 Å². The number of nitrogens with zero attached hydrogens (tertiary/aromatic N) is 1. The summed E-state index contributed by atoms with van der Waals surface area (Å²) in [6.07, 6.45) is 14.2. The maximum Gasteiger partial charge on any atom is 0.0266 e. The molecule has 0 N–H and O–H groups in total. The van der Waals surface area contributed by atoms with Crippen molar-refractivity contribution >= 4 is 0 Å². The maximum absolute atomic E-state index is 3.03. The van der Waals surface area contributed by atoms with Crippen LogP contribution >= 0.6 is 0 Å². The van der Waals surface area contributed by atoms with E-state index in [1.165, 1.54) is 32.4 Å². The highest BCUT2D eigenvalue weighted by Crippen LogP contribution is 2.63. The lowest BCUT2D eigenvalue weighted by Crippen LogP contribution is -2.63. The van der Waals surface area contributed by atoms with Crippen LogP contribution in [0.3, 0.4) is 0 Å². The van der Waals surface area contributed by atoms with Gasteiger partial charge in [0.15, 0.2) is 0 Å².